The van der Waals surface area contributed by atoms with E-state index in [1.165, 1.54) is 18.2 Å². The molecule has 1 heterocycles. The van der Waals surface area contributed by atoms with Gasteiger partial charge in [0.2, 0.25) is 5.78 Å². The Bertz CT molecular complexity index is 560. The molecule has 0 spiro atoms. The van der Waals surface area contributed by atoms with Crippen LogP contribution < -0.4 is 0 Å². The number of Topliss-reactive ketones (excluding diaryl/α,β-unsaturated/α-hetero) is 1. The lowest BCUT2D eigenvalue weighted by molar-refractivity contribution is -0.144. The Morgan fingerprint density at radius 2 is 2.06 bits per heavy atom. The minimum absolute atomic E-state index is 0.278. The summed E-state index contributed by atoms with van der Waals surface area (Å²) in [6.07, 6.45) is 0. The zero-order valence-electron chi connectivity index (χ0n) is 8.26. The van der Waals surface area contributed by atoms with Gasteiger partial charge in [0.25, 0.3) is 0 Å². The van der Waals surface area contributed by atoms with Crippen LogP contribution in [0.5, 0.6) is 0 Å². The molecule has 0 aliphatic heterocycles. The van der Waals surface area contributed by atoms with E-state index in [2.05, 4.69) is 0 Å². The summed E-state index contributed by atoms with van der Waals surface area (Å²) in [5, 5.41) is 0.870. The molecule has 0 aliphatic rings. The Kier molecular flexibility index (Phi) is 2.46. The highest BCUT2D eigenvalue weighted by Crippen LogP contribution is 2.34. The van der Waals surface area contributed by atoms with Gasteiger partial charge in [-0.2, -0.15) is 8.78 Å². The first-order valence-corrected chi connectivity index (χ1v) is 4.87. The number of halogens is 3. The smallest absolute Gasteiger partial charge is 0.361 e. The number of benzene rings is 1. The van der Waals surface area contributed by atoms with Crippen molar-refractivity contribution in [1.82, 2.24) is 0 Å². The predicted molar refractivity (Wildman–Crippen MR) is 55.8 cm³/mol. The highest BCUT2D eigenvalue weighted by Gasteiger charge is 2.41. The fourth-order valence-electron chi connectivity index (χ4n) is 1.34. The van der Waals surface area contributed by atoms with Gasteiger partial charge in [-0.25, -0.2) is 0 Å². The SMILES string of the molecule is CC(=O)C(F)(F)c1cc2cc(Cl)ccc2o1. The van der Waals surface area contributed by atoms with Crippen molar-refractivity contribution in [2.75, 3.05) is 0 Å². The molecule has 0 bridgehead atoms. The molecule has 2 aromatic rings. The van der Waals surface area contributed by atoms with Crippen LogP contribution in [0.3, 0.4) is 0 Å². The van der Waals surface area contributed by atoms with E-state index in [0.29, 0.717) is 10.4 Å². The molecule has 16 heavy (non-hydrogen) atoms. The topological polar surface area (TPSA) is 30.2 Å². The number of hydrogen-bond acceptors (Lipinski definition) is 2. The highest BCUT2D eigenvalue weighted by atomic mass is 35.5. The third-order valence-corrected chi connectivity index (χ3v) is 2.47. The molecule has 0 N–H and O–H groups in total. The van der Waals surface area contributed by atoms with Crippen LogP contribution in [0, 0.1) is 0 Å². The second-order valence-electron chi connectivity index (χ2n) is 3.42. The van der Waals surface area contributed by atoms with Gasteiger partial charge in [-0.05, 0) is 24.3 Å². The maximum Gasteiger partial charge on any atom is 0.361 e. The highest BCUT2D eigenvalue weighted by molar-refractivity contribution is 6.31. The molecule has 2 rings (SSSR count). The Morgan fingerprint density at radius 3 is 2.69 bits per heavy atom. The lowest BCUT2D eigenvalue weighted by Gasteiger charge is -2.07. The molecular weight excluding hydrogens is 238 g/mol. The van der Waals surface area contributed by atoms with Crippen LogP contribution in [0.15, 0.2) is 28.7 Å². The molecule has 1 aromatic carbocycles. The van der Waals surface area contributed by atoms with Gasteiger partial charge in [0.1, 0.15) is 5.58 Å². The monoisotopic (exact) mass is 244 g/mol. The van der Waals surface area contributed by atoms with E-state index in [1.54, 1.807) is 0 Å². The molecule has 0 fully saturated rings. The van der Waals surface area contributed by atoms with Gasteiger partial charge in [-0.15, -0.1) is 0 Å². The first-order chi connectivity index (χ1) is 7.41. The van der Waals surface area contributed by atoms with Gasteiger partial charge < -0.3 is 4.42 Å². The largest absolute Gasteiger partial charge is 0.454 e. The molecular formula is C11H7ClF2O2. The average molecular weight is 245 g/mol. The molecule has 84 valence electrons. The molecule has 0 unspecified atom stereocenters. The van der Waals surface area contributed by atoms with E-state index in [0.717, 1.165) is 13.0 Å². The van der Waals surface area contributed by atoms with E-state index in [4.69, 9.17) is 16.0 Å². The molecule has 1 aromatic heterocycles. The summed E-state index contributed by atoms with van der Waals surface area (Å²) in [6.45, 7) is 0.820. The average Bonchev–Trinajstić information content (AvgIpc) is 2.60. The zero-order valence-corrected chi connectivity index (χ0v) is 9.02. The number of ketones is 1. The summed E-state index contributed by atoms with van der Waals surface area (Å²) in [7, 11) is 0. The minimum Gasteiger partial charge on any atom is -0.454 e. The number of rotatable bonds is 2. The maximum absolute atomic E-state index is 13.3. The van der Waals surface area contributed by atoms with Gasteiger partial charge in [0.05, 0.1) is 0 Å². The van der Waals surface area contributed by atoms with Gasteiger partial charge in [-0.1, -0.05) is 11.6 Å². The second-order valence-corrected chi connectivity index (χ2v) is 3.86. The summed E-state index contributed by atoms with van der Waals surface area (Å²) in [4.78, 5) is 10.8. The van der Waals surface area contributed by atoms with E-state index >= 15 is 0 Å². The summed E-state index contributed by atoms with van der Waals surface area (Å²) >= 11 is 5.71. The van der Waals surface area contributed by atoms with Gasteiger partial charge >= 0.3 is 5.92 Å². The van der Waals surface area contributed by atoms with Gasteiger partial charge in [0, 0.05) is 17.3 Å². The van der Waals surface area contributed by atoms with E-state index in [-0.39, 0.29) is 5.58 Å². The van der Waals surface area contributed by atoms with Crippen molar-refractivity contribution in [3.8, 4) is 0 Å². The first-order valence-electron chi connectivity index (χ1n) is 4.49. The number of carbonyl (C=O) groups is 1. The molecule has 5 heteroatoms. The van der Waals surface area contributed by atoms with Crippen molar-refractivity contribution in [2.45, 2.75) is 12.8 Å². The Labute approximate surface area is 94.8 Å². The van der Waals surface area contributed by atoms with Gasteiger partial charge in [-0.3, -0.25) is 4.79 Å². The van der Waals surface area contributed by atoms with Crippen molar-refractivity contribution in [3.63, 3.8) is 0 Å². The van der Waals surface area contributed by atoms with Crippen LogP contribution in [-0.4, -0.2) is 5.78 Å². The second kappa shape index (κ2) is 3.56. The lowest BCUT2D eigenvalue weighted by Crippen LogP contribution is -2.22. The zero-order chi connectivity index (χ0) is 11.9. The number of fused-ring (bicyclic) bond motifs is 1. The van der Waals surface area contributed by atoms with Crippen molar-refractivity contribution in [2.24, 2.45) is 0 Å². The molecule has 2 nitrogen and oxygen atoms in total. The molecule has 0 radical (unpaired) electrons. The molecule has 0 atom stereocenters. The van der Waals surface area contributed by atoms with Crippen LogP contribution in [0.25, 0.3) is 11.0 Å². The number of furan rings is 1. The maximum atomic E-state index is 13.3. The Morgan fingerprint density at radius 1 is 1.38 bits per heavy atom. The normalized spacial score (nSPS) is 12.0. The fraction of sp³-hybridized carbons (Fsp3) is 0.182. The van der Waals surface area contributed by atoms with Crippen molar-refractivity contribution < 1.29 is 18.0 Å². The standard InChI is InChI=1S/C11H7ClF2O2/c1-6(15)11(13,14)10-5-7-4-8(12)2-3-9(7)16-10/h2-5H,1H3. The summed E-state index contributed by atoms with van der Waals surface area (Å²) in [6, 6.07) is 5.64. The summed E-state index contributed by atoms with van der Waals surface area (Å²) in [5.74, 6) is -5.50. The van der Waals surface area contributed by atoms with Gasteiger partial charge in [0.15, 0.2) is 5.76 Å². The molecule has 0 amide bonds. The molecule has 0 saturated heterocycles. The number of alkyl halides is 2. The third kappa shape index (κ3) is 1.69. The van der Waals surface area contributed by atoms with E-state index < -0.39 is 17.5 Å². The van der Waals surface area contributed by atoms with E-state index in [1.807, 2.05) is 0 Å². The Balaban J connectivity index is 2.59. The number of carbonyl (C=O) groups excluding carboxylic acids is 1. The van der Waals surface area contributed by atoms with Crippen LogP contribution in [0.4, 0.5) is 8.78 Å². The summed E-state index contributed by atoms with van der Waals surface area (Å²) in [5.41, 5.74) is 0.278. The van der Waals surface area contributed by atoms with E-state index in [9.17, 15) is 13.6 Å². The lowest BCUT2D eigenvalue weighted by atomic mass is 10.1. The van der Waals surface area contributed by atoms with Crippen LogP contribution in [0.1, 0.15) is 12.7 Å². The summed E-state index contributed by atoms with van der Waals surface area (Å²) < 4.78 is 31.6. The number of hydrogen-bond donors (Lipinski definition) is 0. The predicted octanol–water partition coefficient (Wildman–Crippen LogP) is 3.77. The Hall–Kier alpha value is -1.42. The minimum atomic E-state index is -3.59. The fourth-order valence-corrected chi connectivity index (χ4v) is 1.52. The molecule has 0 saturated carbocycles. The van der Waals surface area contributed by atoms with Crippen molar-refractivity contribution in [3.05, 3.63) is 35.0 Å². The quantitative estimate of drug-likeness (QED) is 0.805. The van der Waals surface area contributed by atoms with Crippen molar-refractivity contribution in [1.29, 1.82) is 0 Å². The van der Waals surface area contributed by atoms with Crippen LogP contribution >= 0.6 is 11.6 Å². The van der Waals surface area contributed by atoms with Crippen molar-refractivity contribution >= 4 is 28.4 Å². The third-order valence-electron chi connectivity index (χ3n) is 2.23. The first kappa shape index (κ1) is 11.1. The van der Waals surface area contributed by atoms with Crippen LogP contribution in [-0.2, 0) is 10.7 Å². The molecule has 0 aliphatic carbocycles. The van der Waals surface area contributed by atoms with Crippen LogP contribution in [0.2, 0.25) is 5.02 Å².